The molecule has 7 heteroatoms. The molecule has 0 unspecified atom stereocenters. The van der Waals surface area contributed by atoms with E-state index in [0.29, 0.717) is 26.3 Å². The van der Waals surface area contributed by atoms with Gasteiger partial charge in [0.25, 0.3) is 5.91 Å². The van der Waals surface area contributed by atoms with Gasteiger partial charge in [-0.3, -0.25) is 10.1 Å². The van der Waals surface area contributed by atoms with Crippen LogP contribution in [0.5, 0.6) is 0 Å². The highest BCUT2D eigenvalue weighted by Crippen LogP contribution is 1.80. The maximum absolute atomic E-state index is 11.8. The van der Waals surface area contributed by atoms with Gasteiger partial charge in [-0.1, -0.05) is 0 Å². The van der Waals surface area contributed by atoms with Crippen molar-refractivity contribution in [3.05, 3.63) is 0 Å². The molecule has 0 aromatic heterocycles. The third kappa shape index (κ3) is 7.99. The molecule has 1 aliphatic heterocycles. The Labute approximate surface area is 127 Å². The molecule has 0 aromatic rings. The predicted octanol–water partition coefficient (Wildman–Crippen LogP) is -2.96. The maximum atomic E-state index is 11.8. The summed E-state index contributed by atoms with van der Waals surface area (Å²) in [4.78, 5) is 26.2. The van der Waals surface area contributed by atoms with Gasteiger partial charge in [0, 0.05) is 19.8 Å². The van der Waals surface area contributed by atoms with Crippen LogP contribution in [0.4, 0.5) is 4.79 Å². The minimum Gasteiger partial charge on any atom is -0.382 e. The van der Waals surface area contributed by atoms with Crippen LogP contribution in [0.1, 0.15) is 20.3 Å². The summed E-state index contributed by atoms with van der Waals surface area (Å²) in [6.45, 7) is 11.6. The normalized spacial score (nSPS) is 21.8. The summed E-state index contributed by atoms with van der Waals surface area (Å²) in [6.07, 6.45) is 0.752. The number of nitrogens with one attached hydrogen (secondary N) is 4. The van der Waals surface area contributed by atoms with E-state index in [2.05, 4.69) is 17.6 Å². The van der Waals surface area contributed by atoms with E-state index in [1.54, 1.807) is 4.90 Å². The van der Waals surface area contributed by atoms with Crippen molar-refractivity contribution in [2.45, 2.75) is 20.3 Å². The summed E-state index contributed by atoms with van der Waals surface area (Å²) in [5.74, 6) is -0.202. The van der Waals surface area contributed by atoms with Gasteiger partial charge in [-0.25, -0.2) is 4.79 Å². The third-order valence-electron chi connectivity index (χ3n) is 3.78. The lowest BCUT2D eigenvalue weighted by molar-refractivity contribution is -1.01. The summed E-state index contributed by atoms with van der Waals surface area (Å²) in [5.41, 5.74) is 0. The van der Waals surface area contributed by atoms with E-state index in [1.807, 2.05) is 6.92 Å². The van der Waals surface area contributed by atoms with Gasteiger partial charge in [0.1, 0.15) is 26.2 Å². The van der Waals surface area contributed by atoms with Crippen LogP contribution in [0.3, 0.4) is 0 Å². The number of likely N-dealkylation sites (N-methyl/N-ethyl adjacent to an activating group) is 1. The van der Waals surface area contributed by atoms with E-state index in [4.69, 9.17) is 4.74 Å². The van der Waals surface area contributed by atoms with Gasteiger partial charge in [0.2, 0.25) is 0 Å². The molecule has 4 N–H and O–H groups in total. The second-order valence-corrected chi connectivity index (χ2v) is 5.38. The van der Waals surface area contributed by atoms with Crippen molar-refractivity contribution in [1.82, 2.24) is 10.6 Å². The highest BCUT2D eigenvalue weighted by atomic mass is 16.5. The Bertz CT molecular complexity index is 317. The molecule has 1 fully saturated rings. The molecule has 3 amide bonds. The number of carbonyl (C=O) groups excluding carboxylic acids is 2. The number of amides is 3. The number of piperazine rings is 1. The summed E-state index contributed by atoms with van der Waals surface area (Å²) in [7, 11) is 0. The SMILES string of the molecule is CCOCCCNC(=O)NC(=O)C[NH+]1CC[NH+](CC)CC1. The Balaban J connectivity index is 2.08. The minimum absolute atomic E-state index is 0.202. The van der Waals surface area contributed by atoms with E-state index in [1.165, 1.54) is 4.90 Å². The van der Waals surface area contributed by atoms with Crippen LogP contribution < -0.4 is 20.4 Å². The lowest BCUT2D eigenvalue weighted by Crippen LogP contribution is -3.28. The molecule has 0 spiro atoms. The zero-order valence-corrected chi connectivity index (χ0v) is 13.3. The molecule has 0 aromatic carbocycles. The smallest absolute Gasteiger partial charge is 0.321 e. The largest absolute Gasteiger partial charge is 0.382 e. The lowest BCUT2D eigenvalue weighted by Gasteiger charge is -2.28. The van der Waals surface area contributed by atoms with Gasteiger partial charge in [0.15, 0.2) is 6.54 Å². The van der Waals surface area contributed by atoms with Crippen LogP contribution in [0.2, 0.25) is 0 Å². The molecule has 7 nitrogen and oxygen atoms in total. The van der Waals surface area contributed by atoms with E-state index >= 15 is 0 Å². The number of urea groups is 1. The minimum atomic E-state index is -0.409. The van der Waals surface area contributed by atoms with Gasteiger partial charge in [-0.05, 0) is 20.3 Å². The number of rotatable bonds is 8. The summed E-state index contributed by atoms with van der Waals surface area (Å²) in [6, 6.07) is -0.409. The van der Waals surface area contributed by atoms with Crippen molar-refractivity contribution >= 4 is 11.9 Å². The van der Waals surface area contributed by atoms with Crippen molar-refractivity contribution in [2.24, 2.45) is 0 Å². The van der Waals surface area contributed by atoms with E-state index in [9.17, 15) is 9.59 Å². The Kier molecular flexibility index (Phi) is 8.96. The first-order valence-corrected chi connectivity index (χ1v) is 7.98. The highest BCUT2D eigenvalue weighted by Gasteiger charge is 2.24. The maximum Gasteiger partial charge on any atom is 0.321 e. The fourth-order valence-electron chi connectivity index (χ4n) is 2.45. The number of imide groups is 1. The average molecular weight is 302 g/mol. The van der Waals surface area contributed by atoms with Crippen LogP contribution in [0.25, 0.3) is 0 Å². The fraction of sp³-hybridized carbons (Fsp3) is 0.857. The van der Waals surface area contributed by atoms with Crippen LogP contribution >= 0.6 is 0 Å². The zero-order valence-electron chi connectivity index (χ0n) is 13.3. The van der Waals surface area contributed by atoms with Crippen molar-refractivity contribution in [3.8, 4) is 0 Å². The quantitative estimate of drug-likeness (QED) is 0.362. The molecule has 0 bridgehead atoms. The summed E-state index contributed by atoms with van der Waals surface area (Å²) >= 11 is 0. The van der Waals surface area contributed by atoms with Crippen LogP contribution in [-0.2, 0) is 9.53 Å². The molecule has 0 radical (unpaired) electrons. The molecule has 1 saturated heterocycles. The number of ether oxygens (including phenoxy) is 1. The molecule has 1 aliphatic rings. The second kappa shape index (κ2) is 10.5. The monoisotopic (exact) mass is 302 g/mol. The highest BCUT2D eigenvalue weighted by molar-refractivity contribution is 5.94. The van der Waals surface area contributed by atoms with Gasteiger partial charge < -0.3 is 19.9 Å². The van der Waals surface area contributed by atoms with Gasteiger partial charge in [-0.15, -0.1) is 0 Å². The summed E-state index contributed by atoms with van der Waals surface area (Å²) < 4.78 is 5.17. The Morgan fingerprint density at radius 3 is 2.38 bits per heavy atom. The molecule has 122 valence electrons. The third-order valence-corrected chi connectivity index (χ3v) is 3.78. The molecule has 1 heterocycles. The van der Waals surface area contributed by atoms with E-state index in [0.717, 1.165) is 39.1 Å². The number of quaternary nitrogens is 2. The topological polar surface area (TPSA) is 76.3 Å². The molecular weight excluding hydrogens is 272 g/mol. The van der Waals surface area contributed by atoms with Crippen molar-refractivity contribution in [2.75, 3.05) is 59.0 Å². The second-order valence-electron chi connectivity index (χ2n) is 5.38. The fourth-order valence-corrected chi connectivity index (χ4v) is 2.45. The lowest BCUT2D eigenvalue weighted by atomic mass is 10.3. The van der Waals surface area contributed by atoms with Crippen LogP contribution in [0, 0.1) is 0 Å². The number of carbonyl (C=O) groups is 2. The van der Waals surface area contributed by atoms with Gasteiger partial charge >= 0.3 is 6.03 Å². The summed E-state index contributed by atoms with van der Waals surface area (Å²) in [5, 5.41) is 5.05. The van der Waals surface area contributed by atoms with Crippen LogP contribution in [0.15, 0.2) is 0 Å². The first-order valence-electron chi connectivity index (χ1n) is 7.98. The Morgan fingerprint density at radius 2 is 1.76 bits per heavy atom. The molecule has 0 atom stereocenters. The zero-order chi connectivity index (χ0) is 15.5. The Hall–Kier alpha value is -1.18. The number of hydrogen-bond donors (Lipinski definition) is 4. The van der Waals surface area contributed by atoms with Crippen molar-refractivity contribution < 1.29 is 24.1 Å². The van der Waals surface area contributed by atoms with Gasteiger partial charge in [0.05, 0.1) is 6.54 Å². The van der Waals surface area contributed by atoms with Crippen molar-refractivity contribution in [3.63, 3.8) is 0 Å². The van der Waals surface area contributed by atoms with Crippen LogP contribution in [-0.4, -0.2) is 71.0 Å². The van der Waals surface area contributed by atoms with Crippen molar-refractivity contribution in [1.29, 1.82) is 0 Å². The molecule has 0 aliphatic carbocycles. The number of hydrogen-bond acceptors (Lipinski definition) is 3. The first-order chi connectivity index (χ1) is 10.2. The molecule has 21 heavy (non-hydrogen) atoms. The average Bonchev–Trinajstić information content (AvgIpc) is 2.47. The molecule has 0 saturated carbocycles. The standard InChI is InChI=1S/C14H28N4O3/c1-3-17-7-9-18(10-8-17)12-13(19)16-14(20)15-6-5-11-21-4-2/h3-12H2,1-2H3,(H2,15,16,19,20)/p+2. The molecular formula is C14H30N4O3+2. The molecule has 1 rings (SSSR count). The predicted molar refractivity (Wildman–Crippen MR) is 79.5 cm³/mol. The Morgan fingerprint density at radius 1 is 1.10 bits per heavy atom. The van der Waals surface area contributed by atoms with E-state index < -0.39 is 6.03 Å². The van der Waals surface area contributed by atoms with E-state index in [-0.39, 0.29) is 5.91 Å². The first kappa shape index (κ1) is 17.9. The van der Waals surface area contributed by atoms with Gasteiger partial charge in [-0.2, -0.15) is 0 Å².